The Morgan fingerprint density at radius 2 is 0.945 bits per heavy atom. The third kappa shape index (κ3) is 6.20. The standard InChI is InChI=1S/C24H16ClN3O2.C19H12Cl2N2O2/c1-14(28-23(29)16-8-2-3-9-17(16)24(28)30)18-13-15-7-6-10-19(25)21(15)27-22(18)20-11-4-5-12-26-20;1-10(23-18(24)12-6-2-3-7-13(12)19(23)25)14-9-11-5-4-8-15(20)16(11)22-17(14)21/h2-14H,1H3;2-10H,1H3/t14-;10-/m00/s1. The number of fused-ring (bicyclic) bond motifs is 4. The number of benzene rings is 4. The van der Waals surface area contributed by atoms with Crippen molar-refractivity contribution in [1.29, 1.82) is 0 Å². The van der Waals surface area contributed by atoms with Gasteiger partial charge in [0.15, 0.2) is 0 Å². The Balaban J connectivity index is 0.000000158. The van der Waals surface area contributed by atoms with E-state index in [2.05, 4.69) is 9.97 Å². The summed E-state index contributed by atoms with van der Waals surface area (Å²) in [5.74, 6) is -1.26. The Bertz CT molecular complexity index is 2670. The van der Waals surface area contributed by atoms with E-state index in [4.69, 9.17) is 39.8 Å². The van der Waals surface area contributed by atoms with Crippen molar-refractivity contribution in [3.8, 4) is 11.4 Å². The Kier molecular flexibility index (Phi) is 9.38. The first-order valence-corrected chi connectivity index (χ1v) is 18.4. The predicted octanol–water partition coefficient (Wildman–Crippen LogP) is 10.2. The fourth-order valence-corrected chi connectivity index (χ4v) is 7.80. The van der Waals surface area contributed by atoms with Crippen LogP contribution in [-0.2, 0) is 0 Å². The van der Waals surface area contributed by atoms with Gasteiger partial charge in [-0.05, 0) is 74.5 Å². The van der Waals surface area contributed by atoms with Crippen molar-refractivity contribution in [3.63, 3.8) is 0 Å². The molecule has 0 radical (unpaired) electrons. The lowest BCUT2D eigenvalue weighted by atomic mass is 10.00. The minimum absolute atomic E-state index is 0.227. The van der Waals surface area contributed by atoms with Crippen LogP contribution in [0.15, 0.2) is 121 Å². The average molecular weight is 785 g/mol. The molecule has 9 nitrogen and oxygen atoms in total. The van der Waals surface area contributed by atoms with Gasteiger partial charge in [-0.15, -0.1) is 0 Å². The SMILES string of the molecule is C[C@@H](c1cc2cccc(Cl)c2nc1-c1ccccn1)N1C(=O)c2ccccc2C1=O.C[C@@H](c1cc2cccc(Cl)c2nc1Cl)N1C(=O)c2ccccc2C1=O. The highest BCUT2D eigenvalue weighted by Gasteiger charge is 2.41. The molecule has 4 aromatic carbocycles. The van der Waals surface area contributed by atoms with E-state index in [0.717, 1.165) is 16.3 Å². The van der Waals surface area contributed by atoms with Crippen LogP contribution in [0.1, 0.15) is 78.5 Å². The van der Waals surface area contributed by atoms with E-state index in [1.165, 1.54) is 9.80 Å². The van der Waals surface area contributed by atoms with Crippen LogP contribution in [0.25, 0.3) is 33.2 Å². The number of para-hydroxylation sites is 2. The molecular formula is C43H28Cl3N5O4. The van der Waals surface area contributed by atoms with Crippen LogP contribution >= 0.6 is 34.8 Å². The number of carbonyl (C=O) groups is 4. The van der Waals surface area contributed by atoms with Crippen LogP contribution in [0.4, 0.5) is 0 Å². The summed E-state index contributed by atoms with van der Waals surface area (Å²) in [5.41, 5.74) is 5.49. The van der Waals surface area contributed by atoms with Gasteiger partial charge in [0.25, 0.3) is 23.6 Å². The van der Waals surface area contributed by atoms with Crippen molar-refractivity contribution in [2.75, 3.05) is 0 Å². The zero-order chi connectivity index (χ0) is 38.5. The first-order chi connectivity index (χ1) is 26.5. The maximum Gasteiger partial charge on any atom is 0.262 e. The van der Waals surface area contributed by atoms with E-state index in [-0.39, 0.29) is 28.8 Å². The molecule has 5 heterocycles. The van der Waals surface area contributed by atoms with Gasteiger partial charge in [0, 0.05) is 28.1 Å². The number of amides is 4. The summed E-state index contributed by atoms with van der Waals surface area (Å²) in [4.78, 5) is 67.5. The zero-order valence-corrected chi connectivity index (χ0v) is 31.5. The molecule has 7 aromatic rings. The van der Waals surface area contributed by atoms with Crippen molar-refractivity contribution in [1.82, 2.24) is 24.8 Å². The average Bonchev–Trinajstić information content (AvgIpc) is 3.61. The molecule has 2 aliphatic heterocycles. The maximum absolute atomic E-state index is 13.0. The normalized spacial score (nSPS) is 14.6. The molecule has 2 atom stereocenters. The molecule has 55 heavy (non-hydrogen) atoms. The Morgan fingerprint density at radius 3 is 1.42 bits per heavy atom. The number of nitrogens with zero attached hydrogens (tertiary/aromatic N) is 5. The van der Waals surface area contributed by atoms with Gasteiger partial charge < -0.3 is 0 Å². The smallest absolute Gasteiger partial charge is 0.262 e. The second kappa shape index (κ2) is 14.3. The summed E-state index contributed by atoms with van der Waals surface area (Å²) >= 11 is 18.9. The van der Waals surface area contributed by atoms with E-state index >= 15 is 0 Å². The van der Waals surface area contributed by atoms with Gasteiger partial charge in [0.2, 0.25) is 0 Å². The number of halogens is 3. The number of pyridine rings is 3. The molecule has 9 rings (SSSR count). The topological polar surface area (TPSA) is 113 Å². The van der Waals surface area contributed by atoms with Crippen molar-refractivity contribution in [2.24, 2.45) is 0 Å². The number of rotatable bonds is 5. The van der Waals surface area contributed by atoms with Crippen molar-refractivity contribution >= 4 is 80.2 Å². The van der Waals surface area contributed by atoms with Crippen molar-refractivity contribution in [2.45, 2.75) is 25.9 Å². The van der Waals surface area contributed by atoms with Crippen LogP contribution in [0.2, 0.25) is 15.2 Å². The summed E-state index contributed by atoms with van der Waals surface area (Å²) in [5, 5.41) is 2.89. The highest BCUT2D eigenvalue weighted by atomic mass is 35.5. The minimum Gasteiger partial charge on any atom is -0.269 e. The third-order valence-electron chi connectivity index (χ3n) is 9.84. The summed E-state index contributed by atoms with van der Waals surface area (Å²) in [6, 6.07) is 32.9. The van der Waals surface area contributed by atoms with Crippen LogP contribution in [0.3, 0.4) is 0 Å². The van der Waals surface area contributed by atoms with E-state index in [9.17, 15) is 19.2 Å². The summed E-state index contributed by atoms with van der Waals surface area (Å²) in [6.07, 6.45) is 1.68. The fraction of sp³-hybridized carbons (Fsp3) is 0.0930. The Morgan fingerprint density at radius 1 is 0.509 bits per heavy atom. The van der Waals surface area contributed by atoms with Crippen LogP contribution < -0.4 is 0 Å². The van der Waals surface area contributed by atoms with Crippen LogP contribution in [0, 0.1) is 0 Å². The molecule has 0 unspecified atom stereocenters. The first kappa shape index (κ1) is 36.0. The van der Waals surface area contributed by atoms with Gasteiger partial charge in [0.1, 0.15) is 5.15 Å². The molecule has 12 heteroatoms. The minimum atomic E-state index is -0.546. The van der Waals surface area contributed by atoms with E-state index in [0.29, 0.717) is 60.3 Å². The Labute approximate surface area is 330 Å². The summed E-state index contributed by atoms with van der Waals surface area (Å²) < 4.78 is 0. The lowest BCUT2D eigenvalue weighted by molar-refractivity contribution is 0.0579. The molecule has 0 saturated carbocycles. The molecule has 0 spiro atoms. The van der Waals surface area contributed by atoms with Crippen molar-refractivity contribution < 1.29 is 19.2 Å². The second-order valence-corrected chi connectivity index (χ2v) is 14.2. The monoisotopic (exact) mass is 783 g/mol. The highest BCUT2D eigenvalue weighted by Crippen LogP contribution is 2.38. The van der Waals surface area contributed by atoms with Gasteiger partial charge in [-0.2, -0.15) is 0 Å². The molecule has 0 saturated heterocycles. The van der Waals surface area contributed by atoms with E-state index < -0.39 is 12.1 Å². The first-order valence-electron chi connectivity index (χ1n) is 17.2. The lowest BCUT2D eigenvalue weighted by Gasteiger charge is -2.25. The summed E-state index contributed by atoms with van der Waals surface area (Å²) in [7, 11) is 0. The number of carbonyl (C=O) groups excluding carboxylic acids is 4. The molecule has 4 amide bonds. The van der Waals surface area contributed by atoms with Gasteiger partial charge in [0.05, 0.1) is 66.8 Å². The predicted molar refractivity (Wildman–Crippen MR) is 212 cm³/mol. The van der Waals surface area contributed by atoms with Gasteiger partial charge in [-0.1, -0.05) is 89.4 Å². The second-order valence-electron chi connectivity index (χ2n) is 13.0. The van der Waals surface area contributed by atoms with Gasteiger partial charge in [-0.25, -0.2) is 9.97 Å². The molecule has 0 fully saturated rings. The lowest BCUT2D eigenvalue weighted by Crippen LogP contribution is -2.33. The molecule has 0 aliphatic carbocycles. The van der Waals surface area contributed by atoms with E-state index in [1.807, 2.05) is 61.5 Å². The van der Waals surface area contributed by atoms with Crippen LogP contribution in [0.5, 0.6) is 0 Å². The number of aromatic nitrogens is 3. The number of hydrogen-bond acceptors (Lipinski definition) is 7. The Hall–Kier alpha value is -6.00. The quantitative estimate of drug-likeness (QED) is 0.126. The molecule has 0 bridgehead atoms. The fourth-order valence-electron chi connectivity index (χ4n) is 7.05. The number of hydrogen-bond donors (Lipinski definition) is 0. The molecule has 3 aromatic heterocycles. The number of imide groups is 2. The zero-order valence-electron chi connectivity index (χ0n) is 29.2. The largest absolute Gasteiger partial charge is 0.269 e. The van der Waals surface area contributed by atoms with E-state index in [1.54, 1.807) is 73.8 Å². The molecule has 0 N–H and O–H groups in total. The molecule has 2 aliphatic rings. The van der Waals surface area contributed by atoms with Gasteiger partial charge >= 0.3 is 0 Å². The van der Waals surface area contributed by atoms with Gasteiger partial charge in [-0.3, -0.25) is 34.0 Å². The maximum atomic E-state index is 13.0. The van der Waals surface area contributed by atoms with Crippen molar-refractivity contribution in [3.05, 3.63) is 170 Å². The molecular weight excluding hydrogens is 757 g/mol. The summed E-state index contributed by atoms with van der Waals surface area (Å²) in [6.45, 7) is 3.60. The highest BCUT2D eigenvalue weighted by molar-refractivity contribution is 6.36. The third-order valence-corrected chi connectivity index (χ3v) is 10.7. The van der Waals surface area contributed by atoms with Crippen LogP contribution in [-0.4, -0.2) is 48.4 Å². The molecule has 270 valence electrons.